The van der Waals surface area contributed by atoms with Gasteiger partial charge in [-0.2, -0.15) is 5.10 Å². The fraction of sp³-hybridized carbons (Fsp3) is 0.333. The van der Waals surface area contributed by atoms with Crippen molar-refractivity contribution in [1.29, 1.82) is 0 Å². The first-order valence-electron chi connectivity index (χ1n) is 9.26. The average molecular weight is 439 g/mol. The number of primary amides is 1. The third-order valence-corrected chi connectivity index (χ3v) is 5.62. The highest BCUT2D eigenvalue weighted by molar-refractivity contribution is 6.39. The second kappa shape index (κ2) is 9.64. The van der Waals surface area contributed by atoms with Gasteiger partial charge in [0.25, 0.3) is 5.91 Å². The Hall–Kier alpha value is -1.75. The maximum absolute atomic E-state index is 11.7. The Bertz CT molecular complexity index is 868. The number of rotatable bonds is 8. The zero-order chi connectivity index (χ0) is 20.1. The smallest absolute Gasteiger partial charge is 0.265 e. The molecule has 0 fully saturated rings. The number of alkyl halides is 1. The van der Waals surface area contributed by atoms with Gasteiger partial charge in [0.15, 0.2) is 0 Å². The fourth-order valence-corrected chi connectivity index (χ4v) is 4.00. The van der Waals surface area contributed by atoms with Crippen LogP contribution in [0.3, 0.4) is 0 Å². The predicted octanol–water partition coefficient (Wildman–Crippen LogP) is 5.74. The molecule has 3 rings (SSSR count). The maximum atomic E-state index is 11.7. The predicted molar refractivity (Wildman–Crippen MR) is 118 cm³/mol. The van der Waals surface area contributed by atoms with Crippen LogP contribution in [0.15, 0.2) is 47.6 Å². The molecule has 1 aliphatic rings. The van der Waals surface area contributed by atoms with Gasteiger partial charge in [0.1, 0.15) is 5.71 Å². The molecule has 1 atom stereocenters. The van der Waals surface area contributed by atoms with E-state index in [0.29, 0.717) is 33.7 Å². The Balaban J connectivity index is 1.82. The number of halogens is 3. The highest BCUT2D eigenvalue weighted by Crippen LogP contribution is 2.39. The lowest BCUT2D eigenvalue weighted by Crippen LogP contribution is -2.22. The van der Waals surface area contributed by atoms with Crippen molar-refractivity contribution in [2.45, 2.75) is 38.1 Å². The minimum absolute atomic E-state index is 0.147. The van der Waals surface area contributed by atoms with Crippen molar-refractivity contribution in [3.63, 3.8) is 0 Å². The van der Waals surface area contributed by atoms with Crippen LogP contribution in [0, 0.1) is 0 Å². The Morgan fingerprint density at radius 1 is 1.11 bits per heavy atom. The van der Waals surface area contributed by atoms with Crippen LogP contribution in [0.25, 0.3) is 0 Å². The first-order chi connectivity index (χ1) is 13.5. The van der Waals surface area contributed by atoms with Crippen molar-refractivity contribution in [2.24, 2.45) is 10.8 Å². The van der Waals surface area contributed by atoms with Gasteiger partial charge in [-0.1, -0.05) is 53.9 Å². The molecule has 0 aromatic heterocycles. The molecule has 0 spiro atoms. The molecule has 0 saturated heterocycles. The zero-order valence-corrected chi connectivity index (χ0v) is 17.6. The van der Waals surface area contributed by atoms with E-state index in [0.717, 1.165) is 31.2 Å². The van der Waals surface area contributed by atoms with Crippen molar-refractivity contribution in [3.8, 4) is 0 Å². The summed E-state index contributed by atoms with van der Waals surface area (Å²) in [7, 11) is 0. The second-order valence-corrected chi connectivity index (χ2v) is 8.03. The maximum Gasteiger partial charge on any atom is 0.265 e. The van der Waals surface area contributed by atoms with E-state index >= 15 is 0 Å². The van der Waals surface area contributed by atoms with Gasteiger partial charge in [-0.3, -0.25) is 9.80 Å². The first kappa shape index (κ1) is 21.0. The van der Waals surface area contributed by atoms with Gasteiger partial charge in [0.05, 0.1) is 16.8 Å². The van der Waals surface area contributed by atoms with Crippen molar-refractivity contribution < 1.29 is 4.79 Å². The summed E-state index contributed by atoms with van der Waals surface area (Å²) in [5.41, 5.74) is 8.84. The summed E-state index contributed by atoms with van der Waals surface area (Å²) >= 11 is 18.1. The van der Waals surface area contributed by atoms with Gasteiger partial charge in [-0.25, -0.2) is 0 Å². The topological polar surface area (TPSA) is 58.7 Å². The average Bonchev–Trinajstić information content (AvgIpc) is 3.11. The van der Waals surface area contributed by atoms with Crippen LogP contribution < -0.4 is 10.7 Å². The van der Waals surface area contributed by atoms with E-state index in [-0.39, 0.29) is 6.04 Å². The normalized spacial score (nSPS) is 16.3. The molecule has 0 saturated carbocycles. The Morgan fingerprint density at radius 3 is 2.50 bits per heavy atom. The van der Waals surface area contributed by atoms with E-state index in [4.69, 9.17) is 40.5 Å². The van der Waals surface area contributed by atoms with Crippen LogP contribution in [-0.4, -0.2) is 17.5 Å². The number of carbonyl (C=O) groups excluding carboxylic acids is 1. The van der Waals surface area contributed by atoms with Crippen LogP contribution in [0.5, 0.6) is 0 Å². The van der Waals surface area contributed by atoms with Gasteiger partial charge in [-0.15, -0.1) is 11.6 Å². The summed E-state index contributed by atoms with van der Waals surface area (Å²) in [5, 5.41) is 7.21. The molecule has 0 bridgehead atoms. The highest BCUT2D eigenvalue weighted by atomic mass is 35.5. The number of benzene rings is 2. The Labute approximate surface area is 180 Å². The standard InChI is InChI=1S/C21H22Cl3N3O/c22-11-3-1-2-4-14-5-7-15(8-6-14)20-13-18(21(25)28)26-27(20)19-10-9-16(23)12-17(19)24/h5-10,12,20H,1-4,11,13H2,(H2,25,28). The molecule has 2 aromatic rings. The number of aryl methyl sites for hydroxylation is 1. The van der Waals surface area contributed by atoms with Crippen molar-refractivity contribution in [1.82, 2.24) is 0 Å². The number of unbranched alkanes of at least 4 members (excludes halogenated alkanes) is 2. The van der Waals surface area contributed by atoms with Gasteiger partial charge >= 0.3 is 0 Å². The highest BCUT2D eigenvalue weighted by Gasteiger charge is 2.32. The van der Waals surface area contributed by atoms with Gasteiger partial charge in [-0.05, 0) is 48.6 Å². The lowest BCUT2D eigenvalue weighted by molar-refractivity contribution is -0.112. The van der Waals surface area contributed by atoms with E-state index < -0.39 is 5.91 Å². The number of anilines is 1. The summed E-state index contributed by atoms with van der Waals surface area (Å²) in [5.74, 6) is 0.194. The molecule has 0 aliphatic carbocycles. The second-order valence-electron chi connectivity index (χ2n) is 6.81. The molecule has 7 heteroatoms. The molecule has 28 heavy (non-hydrogen) atoms. The molecule has 1 heterocycles. The molecule has 1 unspecified atom stereocenters. The molecule has 4 nitrogen and oxygen atoms in total. The molecule has 2 N–H and O–H groups in total. The van der Waals surface area contributed by atoms with E-state index in [2.05, 4.69) is 29.4 Å². The number of hydrogen-bond donors (Lipinski definition) is 1. The number of carbonyl (C=O) groups is 1. The molecular formula is C21H22Cl3N3O. The van der Waals surface area contributed by atoms with Gasteiger partial charge in [0.2, 0.25) is 0 Å². The van der Waals surface area contributed by atoms with Crippen LogP contribution in [0.4, 0.5) is 5.69 Å². The SMILES string of the molecule is NC(=O)C1=NN(c2ccc(Cl)cc2Cl)C(c2ccc(CCCCCCl)cc2)C1. The molecule has 1 amide bonds. The third kappa shape index (κ3) is 4.99. The van der Waals surface area contributed by atoms with E-state index in [9.17, 15) is 4.79 Å². The molecule has 2 aromatic carbocycles. The van der Waals surface area contributed by atoms with E-state index in [1.54, 1.807) is 23.2 Å². The minimum Gasteiger partial charge on any atom is -0.364 e. The molecule has 1 aliphatic heterocycles. The summed E-state index contributed by atoms with van der Waals surface area (Å²) in [6.45, 7) is 0. The summed E-state index contributed by atoms with van der Waals surface area (Å²) in [6.07, 6.45) is 4.76. The third-order valence-electron chi connectivity index (χ3n) is 4.81. The number of nitrogens with two attached hydrogens (primary N) is 1. The lowest BCUT2D eigenvalue weighted by Gasteiger charge is -2.25. The van der Waals surface area contributed by atoms with E-state index in [1.165, 1.54) is 5.56 Å². The largest absolute Gasteiger partial charge is 0.364 e. The molecule has 0 radical (unpaired) electrons. The molecule has 148 valence electrons. The van der Waals surface area contributed by atoms with Crippen LogP contribution >= 0.6 is 34.8 Å². The summed E-state index contributed by atoms with van der Waals surface area (Å²) in [6, 6.07) is 13.5. The minimum atomic E-state index is -0.520. The van der Waals surface area contributed by atoms with Crippen LogP contribution in [0.1, 0.15) is 42.9 Å². The molecular weight excluding hydrogens is 417 g/mol. The number of nitrogens with zero attached hydrogens (tertiary/aromatic N) is 2. The lowest BCUT2D eigenvalue weighted by atomic mass is 9.98. The fourth-order valence-electron chi connectivity index (χ4n) is 3.31. The van der Waals surface area contributed by atoms with E-state index in [1.807, 2.05) is 0 Å². The summed E-state index contributed by atoms with van der Waals surface area (Å²) in [4.78, 5) is 11.7. The van der Waals surface area contributed by atoms with Crippen LogP contribution in [0.2, 0.25) is 10.0 Å². The zero-order valence-electron chi connectivity index (χ0n) is 15.4. The monoisotopic (exact) mass is 437 g/mol. The van der Waals surface area contributed by atoms with Crippen LogP contribution in [-0.2, 0) is 11.2 Å². The number of amides is 1. The Kier molecular flexibility index (Phi) is 7.22. The van der Waals surface area contributed by atoms with Gasteiger partial charge < -0.3 is 5.73 Å². The Morgan fingerprint density at radius 2 is 1.86 bits per heavy atom. The van der Waals surface area contributed by atoms with Crippen molar-refractivity contribution in [2.75, 3.05) is 10.9 Å². The quantitative estimate of drug-likeness (QED) is 0.422. The van der Waals surface area contributed by atoms with Gasteiger partial charge in [0, 0.05) is 17.3 Å². The first-order valence-corrected chi connectivity index (χ1v) is 10.5. The number of hydrazone groups is 1. The number of hydrogen-bond acceptors (Lipinski definition) is 3. The van der Waals surface area contributed by atoms with Crippen molar-refractivity contribution >= 4 is 52.1 Å². The van der Waals surface area contributed by atoms with Crippen molar-refractivity contribution in [3.05, 3.63) is 63.6 Å². The summed E-state index contributed by atoms with van der Waals surface area (Å²) < 4.78 is 0.